The summed E-state index contributed by atoms with van der Waals surface area (Å²) in [6, 6.07) is 14.6. The topological polar surface area (TPSA) is 33.3 Å². The van der Waals surface area contributed by atoms with Crippen molar-refractivity contribution in [3.8, 4) is 5.75 Å². The van der Waals surface area contributed by atoms with Crippen LogP contribution in [0, 0.1) is 13.8 Å². The molecule has 0 bridgehead atoms. The Morgan fingerprint density at radius 1 is 0.955 bits per heavy atom. The predicted molar refractivity (Wildman–Crippen MR) is 95.1 cm³/mol. The maximum absolute atomic E-state index is 5.64. The van der Waals surface area contributed by atoms with Crippen molar-refractivity contribution in [3.05, 3.63) is 53.6 Å². The van der Waals surface area contributed by atoms with Crippen molar-refractivity contribution in [1.29, 1.82) is 0 Å². The first kappa shape index (κ1) is 16.2. The van der Waals surface area contributed by atoms with Gasteiger partial charge in [-0.2, -0.15) is 0 Å². The van der Waals surface area contributed by atoms with Crippen LogP contribution in [0.1, 0.15) is 24.5 Å². The Bertz CT molecular complexity index is 596. The minimum absolute atomic E-state index is 0.762. The molecule has 2 aromatic carbocycles. The van der Waals surface area contributed by atoms with Crippen molar-refractivity contribution in [1.82, 2.24) is 0 Å². The van der Waals surface area contributed by atoms with Gasteiger partial charge >= 0.3 is 0 Å². The van der Waals surface area contributed by atoms with Crippen LogP contribution in [-0.2, 0) is 0 Å². The van der Waals surface area contributed by atoms with E-state index in [0.29, 0.717) is 0 Å². The Hall–Kier alpha value is -2.16. The number of anilines is 2. The molecule has 0 aliphatic heterocycles. The highest BCUT2D eigenvalue weighted by Crippen LogP contribution is 2.18. The molecule has 0 radical (unpaired) electrons. The summed E-state index contributed by atoms with van der Waals surface area (Å²) >= 11 is 0. The van der Waals surface area contributed by atoms with Crippen molar-refractivity contribution < 1.29 is 4.74 Å². The maximum Gasteiger partial charge on any atom is 0.121 e. The van der Waals surface area contributed by atoms with E-state index in [-0.39, 0.29) is 0 Å². The smallest absolute Gasteiger partial charge is 0.121 e. The van der Waals surface area contributed by atoms with E-state index in [9.17, 15) is 0 Å². The van der Waals surface area contributed by atoms with E-state index in [0.717, 1.165) is 37.6 Å². The average molecular weight is 298 g/mol. The van der Waals surface area contributed by atoms with Gasteiger partial charge in [-0.3, -0.25) is 0 Å². The van der Waals surface area contributed by atoms with Crippen molar-refractivity contribution in [2.45, 2.75) is 27.2 Å². The van der Waals surface area contributed by atoms with Crippen molar-refractivity contribution >= 4 is 11.4 Å². The van der Waals surface area contributed by atoms with Gasteiger partial charge in [-0.15, -0.1) is 0 Å². The van der Waals surface area contributed by atoms with Gasteiger partial charge in [-0.25, -0.2) is 0 Å². The van der Waals surface area contributed by atoms with Crippen molar-refractivity contribution in [2.75, 3.05) is 30.3 Å². The third-order valence-electron chi connectivity index (χ3n) is 3.47. The Morgan fingerprint density at radius 3 is 2.59 bits per heavy atom. The van der Waals surface area contributed by atoms with Gasteiger partial charge in [-0.05, 0) is 49.6 Å². The molecule has 0 amide bonds. The summed E-state index contributed by atoms with van der Waals surface area (Å²) in [5.74, 6) is 0.925. The average Bonchev–Trinajstić information content (AvgIpc) is 2.53. The second-order valence-electron chi connectivity index (χ2n) is 5.55. The Labute approximate surface area is 133 Å². The SMILES string of the molecule is CCCOc1cccc(NCCNc2cc(C)ccc2C)c1. The fourth-order valence-corrected chi connectivity index (χ4v) is 2.25. The molecule has 118 valence electrons. The lowest BCUT2D eigenvalue weighted by Gasteiger charge is -2.12. The normalized spacial score (nSPS) is 10.3. The molecule has 22 heavy (non-hydrogen) atoms. The third kappa shape index (κ3) is 4.99. The lowest BCUT2D eigenvalue weighted by Crippen LogP contribution is -2.14. The van der Waals surface area contributed by atoms with Crippen LogP contribution in [0.5, 0.6) is 5.75 Å². The van der Waals surface area contributed by atoms with Crippen molar-refractivity contribution in [2.24, 2.45) is 0 Å². The number of benzene rings is 2. The molecule has 2 N–H and O–H groups in total. The van der Waals surface area contributed by atoms with Gasteiger partial charge < -0.3 is 15.4 Å². The minimum atomic E-state index is 0.762. The van der Waals surface area contributed by atoms with E-state index >= 15 is 0 Å². The quantitative estimate of drug-likeness (QED) is 0.698. The molecule has 0 fully saturated rings. The molecule has 3 heteroatoms. The van der Waals surface area contributed by atoms with Gasteiger partial charge in [0.15, 0.2) is 0 Å². The highest BCUT2D eigenvalue weighted by atomic mass is 16.5. The molecular weight excluding hydrogens is 272 g/mol. The molecule has 0 saturated heterocycles. The lowest BCUT2D eigenvalue weighted by atomic mass is 10.1. The first-order chi connectivity index (χ1) is 10.7. The largest absolute Gasteiger partial charge is 0.494 e. The summed E-state index contributed by atoms with van der Waals surface area (Å²) in [5, 5.41) is 6.90. The molecule has 0 unspecified atom stereocenters. The molecule has 2 rings (SSSR count). The lowest BCUT2D eigenvalue weighted by molar-refractivity contribution is 0.317. The molecule has 0 aromatic heterocycles. The standard InChI is InChI=1S/C19H26N2O/c1-4-12-22-18-7-5-6-17(14-18)20-10-11-21-19-13-15(2)8-9-16(19)3/h5-9,13-14,20-21H,4,10-12H2,1-3H3. The zero-order chi connectivity index (χ0) is 15.8. The molecule has 0 spiro atoms. The van der Waals surface area contributed by atoms with Crippen LogP contribution in [0.2, 0.25) is 0 Å². The number of aryl methyl sites for hydroxylation is 2. The third-order valence-corrected chi connectivity index (χ3v) is 3.47. The molecule has 0 atom stereocenters. The second kappa shape index (κ2) is 8.32. The highest BCUT2D eigenvalue weighted by Gasteiger charge is 1.99. The summed E-state index contributed by atoms with van der Waals surface area (Å²) in [7, 11) is 0. The second-order valence-corrected chi connectivity index (χ2v) is 5.55. The van der Waals surface area contributed by atoms with Crippen LogP contribution in [0.15, 0.2) is 42.5 Å². The number of nitrogens with one attached hydrogen (secondary N) is 2. The zero-order valence-corrected chi connectivity index (χ0v) is 13.8. The molecule has 0 heterocycles. The first-order valence-corrected chi connectivity index (χ1v) is 7.97. The van der Waals surface area contributed by atoms with E-state index in [1.54, 1.807) is 0 Å². The molecule has 2 aromatic rings. The summed E-state index contributed by atoms with van der Waals surface area (Å²) in [4.78, 5) is 0. The molecule has 3 nitrogen and oxygen atoms in total. The number of rotatable bonds is 8. The number of ether oxygens (including phenoxy) is 1. The Kier molecular flexibility index (Phi) is 6.13. The monoisotopic (exact) mass is 298 g/mol. The van der Waals surface area contributed by atoms with Gasteiger partial charge in [0.25, 0.3) is 0 Å². The maximum atomic E-state index is 5.64. The van der Waals surface area contributed by atoms with Crippen LogP contribution < -0.4 is 15.4 Å². The highest BCUT2D eigenvalue weighted by molar-refractivity contribution is 5.53. The van der Waals surface area contributed by atoms with E-state index in [1.165, 1.54) is 16.8 Å². The zero-order valence-electron chi connectivity index (χ0n) is 13.8. The first-order valence-electron chi connectivity index (χ1n) is 7.97. The molecule has 0 saturated carbocycles. The fourth-order valence-electron chi connectivity index (χ4n) is 2.25. The molecular formula is C19H26N2O. The van der Waals surface area contributed by atoms with Gasteiger partial charge in [0.2, 0.25) is 0 Å². The Morgan fingerprint density at radius 2 is 1.77 bits per heavy atom. The van der Waals surface area contributed by atoms with E-state index < -0.39 is 0 Å². The Balaban J connectivity index is 1.80. The van der Waals surface area contributed by atoms with Crippen LogP contribution in [-0.4, -0.2) is 19.7 Å². The van der Waals surface area contributed by atoms with E-state index in [1.807, 2.05) is 18.2 Å². The number of hydrogen-bond donors (Lipinski definition) is 2. The van der Waals surface area contributed by atoms with Gasteiger partial charge in [0.05, 0.1) is 6.61 Å². The van der Waals surface area contributed by atoms with Crippen molar-refractivity contribution in [3.63, 3.8) is 0 Å². The molecule has 0 aliphatic carbocycles. The molecule has 0 aliphatic rings. The minimum Gasteiger partial charge on any atom is -0.494 e. The summed E-state index contributed by atoms with van der Waals surface area (Å²) < 4.78 is 5.64. The summed E-state index contributed by atoms with van der Waals surface area (Å²) in [6.07, 6.45) is 1.03. The van der Waals surface area contributed by atoms with Crippen LogP contribution >= 0.6 is 0 Å². The van der Waals surface area contributed by atoms with Crippen LogP contribution in [0.25, 0.3) is 0 Å². The van der Waals surface area contributed by atoms with Gasteiger partial charge in [-0.1, -0.05) is 25.1 Å². The van der Waals surface area contributed by atoms with Gasteiger partial charge in [0.1, 0.15) is 5.75 Å². The van der Waals surface area contributed by atoms with Crippen LogP contribution in [0.3, 0.4) is 0 Å². The summed E-state index contributed by atoms with van der Waals surface area (Å²) in [6.45, 7) is 8.86. The van der Waals surface area contributed by atoms with E-state index in [4.69, 9.17) is 4.74 Å². The number of hydrogen-bond acceptors (Lipinski definition) is 3. The van der Waals surface area contributed by atoms with Crippen LogP contribution in [0.4, 0.5) is 11.4 Å². The predicted octanol–water partition coefficient (Wildman–Crippen LogP) is 4.62. The fraction of sp³-hybridized carbons (Fsp3) is 0.368. The van der Waals surface area contributed by atoms with E-state index in [2.05, 4.69) is 55.7 Å². The summed E-state index contributed by atoms with van der Waals surface area (Å²) in [5.41, 5.74) is 4.86. The van der Waals surface area contributed by atoms with Gasteiger partial charge in [0, 0.05) is 30.5 Å².